The van der Waals surface area contributed by atoms with Crippen molar-refractivity contribution >= 4 is 27.6 Å². The second kappa shape index (κ2) is 5.86. The third-order valence-corrected chi connectivity index (χ3v) is 6.68. The summed E-state index contributed by atoms with van der Waals surface area (Å²) in [6, 6.07) is 0. The molecule has 1 heterocycles. The highest BCUT2D eigenvalue weighted by molar-refractivity contribution is 9.10. The van der Waals surface area contributed by atoms with Gasteiger partial charge in [0.05, 0.1) is 0 Å². The van der Waals surface area contributed by atoms with E-state index < -0.39 is 0 Å². The number of carbonyl (C=O) groups is 1. The molecule has 2 atom stereocenters. The Hall–Kier alpha value is -1.37. The first-order chi connectivity index (χ1) is 11.5. The van der Waals surface area contributed by atoms with Crippen LogP contribution in [0.1, 0.15) is 51.9 Å². The number of halogens is 1. The van der Waals surface area contributed by atoms with Crippen LogP contribution in [-0.4, -0.2) is 21.7 Å². The van der Waals surface area contributed by atoms with Crippen molar-refractivity contribution in [1.29, 1.82) is 0 Å². The summed E-state index contributed by atoms with van der Waals surface area (Å²) < 4.78 is 5.76. The quantitative estimate of drug-likeness (QED) is 0.747. The molecule has 4 fully saturated rings. The lowest BCUT2D eigenvalue weighted by Gasteiger charge is -2.35. The molecule has 0 aliphatic heterocycles. The number of hydrogen-bond acceptors (Lipinski definition) is 5. The Morgan fingerprint density at radius 2 is 2.08 bits per heavy atom. The summed E-state index contributed by atoms with van der Waals surface area (Å²) in [7, 11) is 0. The van der Waals surface area contributed by atoms with Crippen LogP contribution in [0.3, 0.4) is 0 Å². The lowest BCUT2D eigenvalue weighted by molar-refractivity contribution is -0.134. The third-order valence-electron chi connectivity index (χ3n) is 5.92. The molecular weight excluding hydrogens is 374 g/mol. The van der Waals surface area contributed by atoms with E-state index >= 15 is 0 Å². The van der Waals surface area contributed by atoms with Gasteiger partial charge in [-0.2, -0.15) is 0 Å². The highest BCUT2D eigenvalue weighted by atomic mass is 79.9. The van der Waals surface area contributed by atoms with Gasteiger partial charge in [-0.3, -0.25) is 9.59 Å². The van der Waals surface area contributed by atoms with E-state index in [1.807, 2.05) is 6.92 Å². The minimum Gasteiger partial charge on any atom is -0.404 e. The molecule has 130 valence electrons. The Labute approximate surface area is 148 Å². The Kier molecular flexibility index (Phi) is 3.94. The molecule has 4 aliphatic rings. The first kappa shape index (κ1) is 16.1. The van der Waals surface area contributed by atoms with Gasteiger partial charge in [-0.1, -0.05) is 6.92 Å². The normalized spacial score (nSPS) is 33.0. The number of hydrogen-bond donors (Lipinski definition) is 2. The second-order valence-electron chi connectivity index (χ2n) is 7.60. The summed E-state index contributed by atoms with van der Waals surface area (Å²) in [5, 5.41) is 9.95. The summed E-state index contributed by atoms with van der Waals surface area (Å²) in [6.07, 6.45) is 7.18. The molecule has 0 spiro atoms. The maximum atomic E-state index is 12.0. The van der Waals surface area contributed by atoms with Crippen molar-refractivity contribution < 1.29 is 9.53 Å². The van der Waals surface area contributed by atoms with Crippen LogP contribution in [0.15, 0.2) is 9.27 Å². The zero-order valence-electron chi connectivity index (χ0n) is 13.7. The molecule has 4 saturated carbocycles. The van der Waals surface area contributed by atoms with Crippen molar-refractivity contribution in [2.75, 3.05) is 5.32 Å². The second-order valence-corrected chi connectivity index (χ2v) is 8.39. The maximum absolute atomic E-state index is 12.0. The lowest BCUT2D eigenvalue weighted by atomic mass is 9.80. The first-order valence-corrected chi connectivity index (χ1v) is 9.57. The lowest BCUT2D eigenvalue weighted by Crippen LogP contribution is -2.40. The summed E-state index contributed by atoms with van der Waals surface area (Å²) >= 11 is 3.35. The fourth-order valence-corrected chi connectivity index (χ4v) is 5.57. The summed E-state index contributed by atoms with van der Waals surface area (Å²) in [5.74, 6) is 2.05. The standard InChI is InChI=1S/C17H22BrN3O3/c1-2-3-12(22)24-16-14(13(18)15(23)20-21-16)19-17-7-9-4-10(8-17)6-11(17)5-9/h9-11H,2-8H2,1H3,(H2,19,20,23). The van der Waals surface area contributed by atoms with Gasteiger partial charge in [0.1, 0.15) is 10.2 Å². The molecule has 2 unspecified atom stereocenters. The van der Waals surface area contributed by atoms with Gasteiger partial charge in [-0.05, 0) is 72.2 Å². The molecular formula is C17H22BrN3O3. The topological polar surface area (TPSA) is 84.1 Å². The van der Waals surface area contributed by atoms with E-state index in [1.54, 1.807) is 0 Å². The van der Waals surface area contributed by atoms with Crippen molar-refractivity contribution in [3.8, 4) is 5.88 Å². The molecule has 0 aromatic carbocycles. The van der Waals surface area contributed by atoms with E-state index in [1.165, 1.54) is 19.3 Å². The van der Waals surface area contributed by atoms with Gasteiger partial charge in [0.25, 0.3) is 11.4 Å². The van der Waals surface area contributed by atoms with Crippen molar-refractivity contribution in [2.45, 2.75) is 57.4 Å². The molecule has 2 N–H and O–H groups in total. The van der Waals surface area contributed by atoms with Gasteiger partial charge < -0.3 is 10.1 Å². The number of aromatic nitrogens is 2. The zero-order chi connectivity index (χ0) is 16.9. The minimum absolute atomic E-state index is 0.0253. The number of aromatic amines is 1. The highest BCUT2D eigenvalue weighted by Crippen LogP contribution is 2.61. The molecule has 6 nitrogen and oxygen atoms in total. The Balaban J connectivity index is 1.66. The number of carbonyl (C=O) groups excluding carboxylic acids is 1. The predicted molar refractivity (Wildman–Crippen MR) is 93.0 cm³/mol. The fourth-order valence-electron chi connectivity index (χ4n) is 5.21. The number of esters is 1. The molecule has 0 radical (unpaired) electrons. The molecule has 4 bridgehead atoms. The van der Waals surface area contributed by atoms with Gasteiger partial charge in [-0.15, -0.1) is 5.10 Å². The van der Waals surface area contributed by atoms with E-state index in [4.69, 9.17) is 4.74 Å². The first-order valence-electron chi connectivity index (χ1n) is 8.78. The highest BCUT2D eigenvalue weighted by Gasteiger charge is 2.58. The van der Waals surface area contributed by atoms with Crippen LogP contribution in [-0.2, 0) is 4.79 Å². The molecule has 0 amide bonds. The average molecular weight is 396 g/mol. The predicted octanol–water partition coefficient (Wildman–Crippen LogP) is 3.23. The van der Waals surface area contributed by atoms with Crippen LogP contribution in [0.2, 0.25) is 0 Å². The Bertz CT molecular complexity index is 718. The number of anilines is 1. The van der Waals surface area contributed by atoms with Gasteiger partial charge >= 0.3 is 5.97 Å². The van der Waals surface area contributed by atoms with Crippen molar-refractivity contribution in [1.82, 2.24) is 10.2 Å². The van der Waals surface area contributed by atoms with E-state index in [9.17, 15) is 9.59 Å². The number of rotatable bonds is 5. The molecule has 7 heteroatoms. The molecule has 24 heavy (non-hydrogen) atoms. The fraction of sp³-hybridized carbons (Fsp3) is 0.706. The van der Waals surface area contributed by atoms with Gasteiger partial charge in [0.2, 0.25) is 0 Å². The SMILES string of the molecule is CCCC(=O)Oc1n[nH]c(=O)c(Br)c1NC12CC3CC(CC1C3)C2. The van der Waals surface area contributed by atoms with Gasteiger partial charge in [0, 0.05) is 12.0 Å². The van der Waals surface area contributed by atoms with Crippen LogP contribution >= 0.6 is 15.9 Å². The summed E-state index contributed by atoms with van der Waals surface area (Å²) in [4.78, 5) is 23.9. The Morgan fingerprint density at radius 3 is 2.75 bits per heavy atom. The third kappa shape index (κ3) is 2.57. The van der Waals surface area contributed by atoms with Crippen LogP contribution in [0.25, 0.3) is 0 Å². The van der Waals surface area contributed by atoms with Crippen LogP contribution in [0, 0.1) is 17.8 Å². The largest absolute Gasteiger partial charge is 0.404 e. The number of nitrogens with one attached hydrogen (secondary N) is 2. The number of nitrogens with zero attached hydrogens (tertiary/aromatic N) is 1. The van der Waals surface area contributed by atoms with Gasteiger partial charge in [-0.25, -0.2) is 5.10 Å². The van der Waals surface area contributed by atoms with Crippen molar-refractivity contribution in [2.24, 2.45) is 17.8 Å². The van der Waals surface area contributed by atoms with E-state index in [0.29, 0.717) is 28.9 Å². The smallest absolute Gasteiger partial charge is 0.312 e. The maximum Gasteiger partial charge on any atom is 0.312 e. The number of H-pyrrole nitrogens is 1. The molecule has 0 saturated heterocycles. The Morgan fingerprint density at radius 1 is 1.38 bits per heavy atom. The van der Waals surface area contributed by atoms with Crippen LogP contribution in [0.4, 0.5) is 5.69 Å². The van der Waals surface area contributed by atoms with Crippen LogP contribution in [0.5, 0.6) is 5.88 Å². The van der Waals surface area contributed by atoms with E-state index in [-0.39, 0.29) is 22.9 Å². The van der Waals surface area contributed by atoms with Gasteiger partial charge in [0.15, 0.2) is 0 Å². The summed E-state index contributed by atoms with van der Waals surface area (Å²) in [6.45, 7) is 1.92. The molecule has 4 aliphatic carbocycles. The molecule has 1 aromatic rings. The monoisotopic (exact) mass is 395 g/mol. The zero-order valence-corrected chi connectivity index (χ0v) is 15.3. The minimum atomic E-state index is -0.332. The molecule has 1 aromatic heterocycles. The van der Waals surface area contributed by atoms with Crippen molar-refractivity contribution in [3.05, 3.63) is 14.8 Å². The molecule has 5 rings (SSSR count). The van der Waals surface area contributed by atoms with E-state index in [2.05, 4.69) is 31.4 Å². The summed E-state index contributed by atoms with van der Waals surface area (Å²) in [5.41, 5.74) is 0.232. The van der Waals surface area contributed by atoms with Crippen LogP contribution < -0.4 is 15.6 Å². The average Bonchev–Trinajstić information content (AvgIpc) is 2.91. The number of ether oxygens (including phenoxy) is 1. The van der Waals surface area contributed by atoms with Crippen molar-refractivity contribution in [3.63, 3.8) is 0 Å². The van der Waals surface area contributed by atoms with E-state index in [0.717, 1.165) is 24.7 Å².